The SMILES string of the molecule is O=C1CC(N2CCCCC2)C(=O)N1c1ccc(F)cc1F. The minimum atomic E-state index is -0.893. The van der Waals surface area contributed by atoms with Gasteiger partial charge in [-0.05, 0) is 38.1 Å². The standard InChI is InChI=1S/C15H16F2N2O2/c16-10-4-5-12(11(17)8-10)19-14(20)9-13(15(19)21)18-6-2-1-3-7-18/h4-5,8,13H,1-3,6-7,9H2. The van der Waals surface area contributed by atoms with E-state index in [0.717, 1.165) is 49.4 Å². The lowest BCUT2D eigenvalue weighted by molar-refractivity contribution is -0.123. The average molecular weight is 294 g/mol. The summed E-state index contributed by atoms with van der Waals surface area (Å²) < 4.78 is 26.8. The Bertz CT molecular complexity index is 585. The van der Waals surface area contributed by atoms with Crippen LogP contribution in [0, 0.1) is 11.6 Å². The van der Waals surface area contributed by atoms with Gasteiger partial charge in [0.15, 0.2) is 0 Å². The number of carbonyl (C=O) groups excluding carboxylic acids is 2. The van der Waals surface area contributed by atoms with Crippen LogP contribution in [0.25, 0.3) is 0 Å². The van der Waals surface area contributed by atoms with Gasteiger partial charge in [-0.2, -0.15) is 0 Å². The minimum absolute atomic E-state index is 0.0651. The molecule has 0 radical (unpaired) electrons. The molecule has 112 valence electrons. The Morgan fingerprint density at radius 3 is 2.43 bits per heavy atom. The van der Waals surface area contributed by atoms with Gasteiger partial charge >= 0.3 is 0 Å². The van der Waals surface area contributed by atoms with Gasteiger partial charge in [0.2, 0.25) is 5.91 Å². The third kappa shape index (κ3) is 2.55. The second-order valence-electron chi connectivity index (χ2n) is 5.48. The zero-order valence-corrected chi connectivity index (χ0v) is 11.5. The van der Waals surface area contributed by atoms with Gasteiger partial charge in [0.05, 0.1) is 18.2 Å². The van der Waals surface area contributed by atoms with Crippen molar-refractivity contribution in [3.8, 4) is 0 Å². The molecule has 1 unspecified atom stereocenters. The number of imide groups is 1. The fraction of sp³-hybridized carbons (Fsp3) is 0.467. The van der Waals surface area contributed by atoms with Gasteiger partial charge < -0.3 is 0 Å². The molecule has 3 rings (SSSR count). The van der Waals surface area contributed by atoms with Gasteiger partial charge in [0, 0.05) is 6.07 Å². The van der Waals surface area contributed by atoms with Crippen LogP contribution >= 0.6 is 0 Å². The van der Waals surface area contributed by atoms with Crippen LogP contribution in [0.15, 0.2) is 18.2 Å². The van der Waals surface area contributed by atoms with Gasteiger partial charge in [-0.1, -0.05) is 6.42 Å². The van der Waals surface area contributed by atoms with E-state index in [9.17, 15) is 18.4 Å². The van der Waals surface area contributed by atoms with E-state index in [1.54, 1.807) is 0 Å². The number of hydrogen-bond donors (Lipinski definition) is 0. The maximum absolute atomic E-state index is 13.8. The normalized spacial score (nSPS) is 23.9. The van der Waals surface area contributed by atoms with Crippen LogP contribution in [-0.2, 0) is 9.59 Å². The van der Waals surface area contributed by atoms with Gasteiger partial charge in [-0.3, -0.25) is 14.5 Å². The highest BCUT2D eigenvalue weighted by molar-refractivity contribution is 6.22. The zero-order chi connectivity index (χ0) is 15.0. The van der Waals surface area contributed by atoms with Crippen molar-refractivity contribution in [1.29, 1.82) is 0 Å². The van der Waals surface area contributed by atoms with Crippen LogP contribution in [0.1, 0.15) is 25.7 Å². The van der Waals surface area contributed by atoms with Crippen LogP contribution in [-0.4, -0.2) is 35.8 Å². The molecule has 0 N–H and O–H groups in total. The summed E-state index contributed by atoms with van der Waals surface area (Å²) in [6.07, 6.45) is 3.20. The molecule has 6 heteroatoms. The lowest BCUT2D eigenvalue weighted by Gasteiger charge is -2.30. The van der Waals surface area contributed by atoms with Crippen molar-refractivity contribution >= 4 is 17.5 Å². The average Bonchev–Trinajstić information content (AvgIpc) is 2.76. The van der Waals surface area contributed by atoms with Gasteiger partial charge in [-0.15, -0.1) is 0 Å². The number of benzene rings is 1. The Labute approximate surface area is 121 Å². The molecule has 0 saturated carbocycles. The summed E-state index contributed by atoms with van der Waals surface area (Å²) in [5.41, 5.74) is -0.161. The van der Waals surface area contributed by atoms with Gasteiger partial charge in [0.1, 0.15) is 11.6 Å². The Morgan fingerprint density at radius 1 is 1.05 bits per heavy atom. The summed E-state index contributed by atoms with van der Waals surface area (Å²) in [4.78, 5) is 27.4. The van der Waals surface area contributed by atoms with E-state index in [4.69, 9.17) is 0 Å². The summed E-state index contributed by atoms with van der Waals surface area (Å²) in [6, 6.07) is 2.36. The highest BCUT2D eigenvalue weighted by Crippen LogP contribution is 2.29. The molecule has 0 bridgehead atoms. The van der Waals surface area contributed by atoms with Gasteiger partial charge in [-0.25, -0.2) is 13.7 Å². The molecular weight excluding hydrogens is 278 g/mol. The number of hydrogen-bond acceptors (Lipinski definition) is 3. The first-order valence-corrected chi connectivity index (χ1v) is 7.14. The minimum Gasteiger partial charge on any atom is -0.292 e. The molecule has 2 saturated heterocycles. The molecule has 0 aliphatic carbocycles. The maximum Gasteiger partial charge on any atom is 0.251 e. The number of amides is 2. The molecule has 1 aromatic carbocycles. The summed E-state index contributed by atoms with van der Waals surface area (Å²) >= 11 is 0. The summed E-state index contributed by atoms with van der Waals surface area (Å²) in [7, 11) is 0. The highest BCUT2D eigenvalue weighted by atomic mass is 19.1. The van der Waals surface area contributed by atoms with E-state index < -0.39 is 29.5 Å². The molecule has 21 heavy (non-hydrogen) atoms. The largest absolute Gasteiger partial charge is 0.292 e. The van der Waals surface area contributed by atoms with Crippen molar-refractivity contribution in [2.24, 2.45) is 0 Å². The van der Waals surface area contributed by atoms with Crippen molar-refractivity contribution in [3.63, 3.8) is 0 Å². The fourth-order valence-corrected chi connectivity index (χ4v) is 3.05. The van der Waals surface area contributed by atoms with Crippen LogP contribution in [0.3, 0.4) is 0 Å². The van der Waals surface area contributed by atoms with Crippen LogP contribution < -0.4 is 4.90 Å². The van der Waals surface area contributed by atoms with Crippen LogP contribution in [0.2, 0.25) is 0 Å². The first-order chi connectivity index (χ1) is 10.1. The van der Waals surface area contributed by atoms with Crippen molar-refractivity contribution < 1.29 is 18.4 Å². The molecule has 0 spiro atoms. The first kappa shape index (κ1) is 14.1. The number of likely N-dealkylation sites (tertiary alicyclic amines) is 1. The molecule has 4 nitrogen and oxygen atoms in total. The second kappa shape index (κ2) is 5.52. The predicted octanol–water partition coefficient (Wildman–Crippen LogP) is 2.08. The number of halogens is 2. The second-order valence-corrected chi connectivity index (χ2v) is 5.48. The molecule has 2 fully saturated rings. The molecule has 2 amide bonds. The summed E-state index contributed by atoms with van der Waals surface area (Å²) in [6.45, 7) is 1.56. The predicted molar refractivity (Wildman–Crippen MR) is 72.7 cm³/mol. The number of rotatable bonds is 2. The summed E-state index contributed by atoms with van der Waals surface area (Å²) in [5, 5.41) is 0. The zero-order valence-electron chi connectivity index (χ0n) is 11.5. The highest BCUT2D eigenvalue weighted by Gasteiger charge is 2.43. The Kier molecular flexibility index (Phi) is 3.71. The number of nitrogens with zero attached hydrogens (tertiary/aromatic N) is 2. The first-order valence-electron chi connectivity index (χ1n) is 7.14. The van der Waals surface area contributed by atoms with Crippen LogP contribution in [0.5, 0.6) is 0 Å². The number of carbonyl (C=O) groups is 2. The molecular formula is C15H16F2N2O2. The number of piperidine rings is 1. The molecule has 1 atom stereocenters. The van der Waals surface area contributed by atoms with E-state index in [2.05, 4.69) is 0 Å². The van der Waals surface area contributed by atoms with Crippen molar-refractivity contribution in [2.45, 2.75) is 31.7 Å². The van der Waals surface area contributed by atoms with E-state index in [1.807, 2.05) is 4.90 Å². The molecule has 2 heterocycles. The summed E-state index contributed by atoms with van der Waals surface area (Å²) in [5.74, 6) is -2.47. The third-order valence-electron chi connectivity index (χ3n) is 4.10. The number of anilines is 1. The Balaban J connectivity index is 1.86. The topological polar surface area (TPSA) is 40.6 Å². The van der Waals surface area contributed by atoms with Crippen molar-refractivity contribution in [1.82, 2.24) is 4.90 Å². The molecule has 2 aliphatic rings. The van der Waals surface area contributed by atoms with E-state index in [-0.39, 0.29) is 12.1 Å². The lowest BCUT2D eigenvalue weighted by Crippen LogP contribution is -2.44. The van der Waals surface area contributed by atoms with Gasteiger partial charge in [0.25, 0.3) is 5.91 Å². The molecule has 1 aromatic rings. The van der Waals surface area contributed by atoms with E-state index in [1.165, 1.54) is 0 Å². The monoisotopic (exact) mass is 294 g/mol. The lowest BCUT2D eigenvalue weighted by atomic mass is 10.1. The third-order valence-corrected chi connectivity index (χ3v) is 4.10. The molecule has 0 aromatic heterocycles. The quantitative estimate of drug-likeness (QED) is 0.784. The van der Waals surface area contributed by atoms with E-state index in [0.29, 0.717) is 6.07 Å². The van der Waals surface area contributed by atoms with Crippen LogP contribution in [0.4, 0.5) is 14.5 Å². The Hall–Kier alpha value is -1.82. The van der Waals surface area contributed by atoms with Crippen molar-refractivity contribution in [2.75, 3.05) is 18.0 Å². The maximum atomic E-state index is 13.8. The fourth-order valence-electron chi connectivity index (χ4n) is 3.05. The smallest absolute Gasteiger partial charge is 0.251 e. The molecule has 2 aliphatic heterocycles. The van der Waals surface area contributed by atoms with E-state index >= 15 is 0 Å². The Morgan fingerprint density at radius 2 is 1.76 bits per heavy atom. The van der Waals surface area contributed by atoms with Crippen molar-refractivity contribution in [3.05, 3.63) is 29.8 Å².